The van der Waals surface area contributed by atoms with Gasteiger partial charge in [-0.2, -0.15) is 0 Å². The number of carbonyl (C=O) groups excluding carboxylic acids is 1. The molecule has 1 amide bonds. The highest BCUT2D eigenvalue weighted by Crippen LogP contribution is 2.20. The molecule has 0 aliphatic carbocycles. The van der Waals surface area contributed by atoms with Crippen molar-refractivity contribution in [2.45, 2.75) is 71.3 Å². The lowest BCUT2D eigenvalue weighted by Gasteiger charge is -2.35. The normalized spacial score (nSPS) is 22.9. The van der Waals surface area contributed by atoms with Gasteiger partial charge in [-0.05, 0) is 32.7 Å². The smallest absolute Gasteiger partial charge is 0.221 e. The standard InChI is InChI=1S/C15H30N2O/c1-3-4-5-6-7-9-13(2)17-11-8-10-14(12-17)15(16)18/h13-14H,3-12H2,1-2H3,(H2,16,18). The lowest BCUT2D eigenvalue weighted by molar-refractivity contribution is -0.123. The number of hydrogen-bond donors (Lipinski definition) is 1. The number of amides is 1. The molecule has 0 radical (unpaired) electrons. The lowest BCUT2D eigenvalue weighted by Crippen LogP contribution is -2.45. The third kappa shape index (κ3) is 5.38. The third-order valence-corrected chi connectivity index (χ3v) is 4.20. The van der Waals surface area contributed by atoms with Gasteiger partial charge in [0.1, 0.15) is 0 Å². The van der Waals surface area contributed by atoms with Crippen LogP contribution in [0.2, 0.25) is 0 Å². The van der Waals surface area contributed by atoms with Crippen LogP contribution in [0.1, 0.15) is 65.2 Å². The van der Waals surface area contributed by atoms with Gasteiger partial charge in [0.2, 0.25) is 5.91 Å². The Kier molecular flexibility index (Phi) is 7.33. The van der Waals surface area contributed by atoms with Crippen molar-refractivity contribution in [2.24, 2.45) is 11.7 Å². The topological polar surface area (TPSA) is 46.3 Å². The van der Waals surface area contributed by atoms with Crippen LogP contribution in [0.4, 0.5) is 0 Å². The first-order valence-electron chi connectivity index (χ1n) is 7.68. The van der Waals surface area contributed by atoms with Crippen molar-refractivity contribution in [3.63, 3.8) is 0 Å². The Morgan fingerprint density at radius 3 is 2.72 bits per heavy atom. The minimum Gasteiger partial charge on any atom is -0.369 e. The van der Waals surface area contributed by atoms with Crippen molar-refractivity contribution >= 4 is 5.91 Å². The van der Waals surface area contributed by atoms with E-state index in [-0.39, 0.29) is 11.8 Å². The molecule has 0 aromatic heterocycles. The van der Waals surface area contributed by atoms with Crippen LogP contribution >= 0.6 is 0 Å². The molecule has 2 atom stereocenters. The largest absolute Gasteiger partial charge is 0.369 e. The molecule has 0 aromatic rings. The van der Waals surface area contributed by atoms with E-state index in [1.807, 2.05) is 0 Å². The second kappa shape index (κ2) is 8.52. The van der Waals surface area contributed by atoms with E-state index < -0.39 is 0 Å². The lowest BCUT2D eigenvalue weighted by atomic mass is 9.95. The predicted octanol–water partition coefficient (Wildman–Crippen LogP) is 2.93. The first-order valence-corrected chi connectivity index (χ1v) is 7.68. The third-order valence-electron chi connectivity index (χ3n) is 4.20. The molecule has 0 saturated carbocycles. The van der Waals surface area contributed by atoms with E-state index in [0.29, 0.717) is 6.04 Å². The quantitative estimate of drug-likeness (QED) is 0.677. The van der Waals surface area contributed by atoms with Crippen LogP contribution in [0, 0.1) is 5.92 Å². The molecule has 18 heavy (non-hydrogen) atoms. The molecule has 3 heteroatoms. The molecule has 1 fully saturated rings. The summed E-state index contributed by atoms with van der Waals surface area (Å²) in [6.45, 7) is 6.56. The van der Waals surface area contributed by atoms with Crippen LogP contribution in [-0.2, 0) is 4.79 Å². The van der Waals surface area contributed by atoms with E-state index in [1.54, 1.807) is 0 Å². The molecule has 106 valence electrons. The van der Waals surface area contributed by atoms with Gasteiger partial charge in [-0.3, -0.25) is 9.69 Å². The molecule has 1 saturated heterocycles. The summed E-state index contributed by atoms with van der Waals surface area (Å²) < 4.78 is 0. The second-order valence-corrected chi connectivity index (χ2v) is 5.79. The molecule has 1 heterocycles. The highest BCUT2D eigenvalue weighted by molar-refractivity contribution is 5.76. The fourth-order valence-electron chi connectivity index (χ4n) is 2.86. The highest BCUT2D eigenvalue weighted by atomic mass is 16.1. The Labute approximate surface area is 112 Å². The summed E-state index contributed by atoms with van der Waals surface area (Å²) in [6, 6.07) is 0.605. The van der Waals surface area contributed by atoms with E-state index in [9.17, 15) is 4.79 Å². The van der Waals surface area contributed by atoms with E-state index in [1.165, 1.54) is 38.5 Å². The van der Waals surface area contributed by atoms with Gasteiger partial charge in [-0.1, -0.05) is 39.0 Å². The molecule has 0 bridgehead atoms. The van der Waals surface area contributed by atoms with Crippen molar-refractivity contribution in [3.05, 3.63) is 0 Å². The molecule has 3 nitrogen and oxygen atoms in total. The maximum absolute atomic E-state index is 11.3. The van der Waals surface area contributed by atoms with Gasteiger partial charge >= 0.3 is 0 Å². The Morgan fingerprint density at radius 2 is 2.06 bits per heavy atom. The minimum atomic E-state index is -0.116. The zero-order chi connectivity index (χ0) is 13.4. The van der Waals surface area contributed by atoms with Gasteiger partial charge in [0.05, 0.1) is 5.92 Å². The Balaban J connectivity index is 2.20. The van der Waals surface area contributed by atoms with Crippen LogP contribution in [0.25, 0.3) is 0 Å². The fraction of sp³-hybridized carbons (Fsp3) is 0.933. The Bertz CT molecular complexity index is 243. The minimum absolute atomic E-state index is 0.0845. The SMILES string of the molecule is CCCCCCCC(C)N1CCCC(C(N)=O)C1. The molecule has 1 aliphatic heterocycles. The molecule has 0 spiro atoms. The number of carbonyl (C=O) groups is 1. The number of piperidine rings is 1. The molecular weight excluding hydrogens is 224 g/mol. The number of primary amides is 1. The average molecular weight is 254 g/mol. The van der Waals surface area contributed by atoms with Crippen LogP contribution < -0.4 is 5.73 Å². The summed E-state index contributed by atoms with van der Waals surface area (Å²) in [7, 11) is 0. The van der Waals surface area contributed by atoms with E-state index in [0.717, 1.165) is 25.9 Å². The van der Waals surface area contributed by atoms with Crippen LogP contribution in [0.3, 0.4) is 0 Å². The number of unbranched alkanes of at least 4 members (excludes halogenated alkanes) is 4. The fourth-order valence-corrected chi connectivity index (χ4v) is 2.86. The van der Waals surface area contributed by atoms with E-state index in [4.69, 9.17) is 5.73 Å². The van der Waals surface area contributed by atoms with Crippen molar-refractivity contribution in [3.8, 4) is 0 Å². The second-order valence-electron chi connectivity index (χ2n) is 5.79. The highest BCUT2D eigenvalue weighted by Gasteiger charge is 2.26. The predicted molar refractivity (Wildman–Crippen MR) is 76.3 cm³/mol. The zero-order valence-corrected chi connectivity index (χ0v) is 12.2. The van der Waals surface area contributed by atoms with Gasteiger partial charge in [0, 0.05) is 12.6 Å². The van der Waals surface area contributed by atoms with E-state index in [2.05, 4.69) is 18.7 Å². The summed E-state index contributed by atoms with van der Waals surface area (Å²) in [5, 5.41) is 0. The van der Waals surface area contributed by atoms with Gasteiger partial charge in [-0.15, -0.1) is 0 Å². The number of nitrogens with zero attached hydrogens (tertiary/aromatic N) is 1. The number of nitrogens with two attached hydrogens (primary N) is 1. The Morgan fingerprint density at radius 1 is 1.33 bits per heavy atom. The average Bonchev–Trinajstić information content (AvgIpc) is 2.38. The monoisotopic (exact) mass is 254 g/mol. The van der Waals surface area contributed by atoms with Gasteiger partial charge in [0.15, 0.2) is 0 Å². The molecule has 2 unspecified atom stereocenters. The molecular formula is C15H30N2O. The summed E-state index contributed by atoms with van der Waals surface area (Å²) in [5.74, 6) is -0.0314. The van der Waals surface area contributed by atoms with Crippen molar-refractivity contribution in [1.82, 2.24) is 4.90 Å². The van der Waals surface area contributed by atoms with E-state index >= 15 is 0 Å². The van der Waals surface area contributed by atoms with Crippen molar-refractivity contribution < 1.29 is 4.79 Å². The Hall–Kier alpha value is -0.570. The molecule has 2 N–H and O–H groups in total. The van der Waals surface area contributed by atoms with Crippen molar-refractivity contribution in [1.29, 1.82) is 0 Å². The van der Waals surface area contributed by atoms with Gasteiger partial charge in [0.25, 0.3) is 0 Å². The first kappa shape index (κ1) is 15.5. The maximum atomic E-state index is 11.3. The number of rotatable bonds is 8. The zero-order valence-electron chi connectivity index (χ0n) is 12.2. The molecule has 1 aliphatic rings. The number of hydrogen-bond acceptors (Lipinski definition) is 2. The summed E-state index contributed by atoms with van der Waals surface area (Å²) in [5.41, 5.74) is 5.42. The van der Waals surface area contributed by atoms with Gasteiger partial charge < -0.3 is 5.73 Å². The molecule has 0 aromatic carbocycles. The summed E-state index contributed by atoms with van der Waals surface area (Å²) in [4.78, 5) is 13.7. The van der Waals surface area contributed by atoms with Crippen LogP contribution in [-0.4, -0.2) is 29.9 Å². The maximum Gasteiger partial charge on any atom is 0.221 e. The number of likely N-dealkylation sites (tertiary alicyclic amines) is 1. The summed E-state index contributed by atoms with van der Waals surface area (Å²) in [6.07, 6.45) is 10.1. The van der Waals surface area contributed by atoms with Crippen molar-refractivity contribution in [2.75, 3.05) is 13.1 Å². The van der Waals surface area contributed by atoms with Crippen LogP contribution in [0.15, 0.2) is 0 Å². The van der Waals surface area contributed by atoms with Gasteiger partial charge in [-0.25, -0.2) is 0 Å². The summed E-state index contributed by atoms with van der Waals surface area (Å²) >= 11 is 0. The molecule has 1 rings (SSSR count). The van der Waals surface area contributed by atoms with Crippen LogP contribution in [0.5, 0.6) is 0 Å². The first-order chi connectivity index (χ1) is 8.65.